The zero-order chi connectivity index (χ0) is 12.3. The number of rotatable bonds is 3. The third-order valence-electron chi connectivity index (χ3n) is 2.35. The minimum Gasteiger partial charge on any atom is -0.336 e. The van der Waals surface area contributed by atoms with E-state index in [1.807, 2.05) is 16.8 Å². The molecule has 0 aliphatic heterocycles. The smallest absolute Gasteiger partial charge is 0.270 e. The first-order valence-electron chi connectivity index (χ1n) is 5.12. The molecule has 0 bridgehead atoms. The average molecular weight is 248 g/mol. The third-order valence-corrected chi connectivity index (χ3v) is 3.08. The van der Waals surface area contributed by atoms with Crippen LogP contribution in [0.1, 0.15) is 16.1 Å². The van der Waals surface area contributed by atoms with Gasteiger partial charge in [0.1, 0.15) is 5.69 Å². The average Bonchev–Trinajstić information content (AvgIpc) is 2.80. The molecule has 1 N–H and O–H groups in total. The number of aromatic nitrogens is 1. The first-order chi connectivity index (χ1) is 8.16. The van der Waals surface area contributed by atoms with Gasteiger partial charge in [-0.15, -0.1) is 0 Å². The van der Waals surface area contributed by atoms with Gasteiger partial charge in [-0.05, 0) is 28.5 Å². The van der Waals surface area contributed by atoms with E-state index in [9.17, 15) is 9.59 Å². The lowest BCUT2D eigenvalue weighted by molar-refractivity contribution is 0.0779. The summed E-state index contributed by atoms with van der Waals surface area (Å²) in [6.07, 6.45) is 0. The van der Waals surface area contributed by atoms with Gasteiger partial charge >= 0.3 is 0 Å². The van der Waals surface area contributed by atoms with Gasteiger partial charge in [-0.25, -0.2) is 0 Å². The normalized spacial score (nSPS) is 10.2. The van der Waals surface area contributed by atoms with E-state index in [-0.39, 0.29) is 11.5 Å². The van der Waals surface area contributed by atoms with Crippen LogP contribution in [-0.2, 0) is 6.54 Å². The molecule has 0 saturated carbocycles. The van der Waals surface area contributed by atoms with Crippen molar-refractivity contribution in [3.8, 4) is 0 Å². The molecule has 2 aromatic heterocycles. The van der Waals surface area contributed by atoms with Gasteiger partial charge in [0.2, 0.25) is 5.56 Å². The van der Waals surface area contributed by atoms with E-state index in [1.54, 1.807) is 35.4 Å². The monoisotopic (exact) mass is 248 g/mol. The maximum absolute atomic E-state index is 12.0. The SMILES string of the molecule is CN(Cc1ccsc1)C(=O)c1cccc(=O)[nH]1. The van der Waals surface area contributed by atoms with Crippen molar-refractivity contribution in [2.45, 2.75) is 6.54 Å². The minimum absolute atomic E-state index is 0.186. The molecule has 0 aliphatic rings. The molecule has 0 spiro atoms. The summed E-state index contributed by atoms with van der Waals surface area (Å²) in [5, 5.41) is 3.97. The Morgan fingerprint density at radius 1 is 1.41 bits per heavy atom. The lowest BCUT2D eigenvalue weighted by Gasteiger charge is -2.15. The van der Waals surface area contributed by atoms with Gasteiger partial charge in [0.05, 0.1) is 0 Å². The van der Waals surface area contributed by atoms with Crippen LogP contribution in [0.15, 0.2) is 39.8 Å². The van der Waals surface area contributed by atoms with Crippen molar-refractivity contribution < 1.29 is 4.79 Å². The number of pyridine rings is 1. The van der Waals surface area contributed by atoms with E-state index in [2.05, 4.69) is 4.98 Å². The fourth-order valence-corrected chi connectivity index (χ4v) is 2.17. The quantitative estimate of drug-likeness (QED) is 0.899. The highest BCUT2D eigenvalue weighted by molar-refractivity contribution is 7.07. The zero-order valence-corrected chi connectivity index (χ0v) is 10.2. The van der Waals surface area contributed by atoms with E-state index >= 15 is 0 Å². The van der Waals surface area contributed by atoms with Crippen molar-refractivity contribution in [3.63, 3.8) is 0 Å². The van der Waals surface area contributed by atoms with E-state index in [4.69, 9.17) is 0 Å². The summed E-state index contributed by atoms with van der Waals surface area (Å²) < 4.78 is 0. The first kappa shape index (κ1) is 11.6. The van der Waals surface area contributed by atoms with Crippen LogP contribution in [0, 0.1) is 0 Å². The van der Waals surface area contributed by atoms with Gasteiger partial charge in [0.25, 0.3) is 5.91 Å². The van der Waals surface area contributed by atoms with Crippen molar-refractivity contribution in [2.24, 2.45) is 0 Å². The molecular weight excluding hydrogens is 236 g/mol. The van der Waals surface area contributed by atoms with Crippen molar-refractivity contribution in [1.29, 1.82) is 0 Å². The molecule has 2 rings (SSSR count). The molecule has 0 radical (unpaired) electrons. The predicted molar refractivity (Wildman–Crippen MR) is 67.2 cm³/mol. The van der Waals surface area contributed by atoms with Gasteiger partial charge in [-0.1, -0.05) is 6.07 Å². The summed E-state index contributed by atoms with van der Waals surface area (Å²) in [7, 11) is 1.71. The third kappa shape index (κ3) is 2.82. The Kier molecular flexibility index (Phi) is 3.39. The Morgan fingerprint density at radius 2 is 2.24 bits per heavy atom. The number of nitrogens with zero attached hydrogens (tertiary/aromatic N) is 1. The first-order valence-corrected chi connectivity index (χ1v) is 6.07. The van der Waals surface area contributed by atoms with Crippen LogP contribution in [0.25, 0.3) is 0 Å². The van der Waals surface area contributed by atoms with Gasteiger partial charge < -0.3 is 9.88 Å². The Morgan fingerprint density at radius 3 is 2.88 bits per heavy atom. The van der Waals surface area contributed by atoms with E-state index < -0.39 is 0 Å². The number of amides is 1. The van der Waals surface area contributed by atoms with Gasteiger partial charge in [-0.2, -0.15) is 11.3 Å². The number of nitrogens with one attached hydrogen (secondary N) is 1. The Labute approximate surface area is 103 Å². The van der Waals surface area contributed by atoms with E-state index in [1.165, 1.54) is 6.07 Å². The molecule has 4 nitrogen and oxygen atoms in total. The number of hydrogen-bond donors (Lipinski definition) is 1. The maximum atomic E-state index is 12.0. The lowest BCUT2D eigenvalue weighted by atomic mass is 10.3. The number of thiophene rings is 1. The zero-order valence-electron chi connectivity index (χ0n) is 9.34. The van der Waals surface area contributed by atoms with Crippen LogP contribution < -0.4 is 5.56 Å². The van der Waals surface area contributed by atoms with Crippen molar-refractivity contribution >= 4 is 17.2 Å². The number of hydrogen-bond acceptors (Lipinski definition) is 3. The van der Waals surface area contributed by atoms with Gasteiger partial charge in [0.15, 0.2) is 0 Å². The molecular formula is C12H12N2O2S. The Hall–Kier alpha value is -1.88. The fourth-order valence-electron chi connectivity index (χ4n) is 1.51. The number of H-pyrrole nitrogens is 1. The molecule has 88 valence electrons. The summed E-state index contributed by atoms with van der Waals surface area (Å²) in [5.74, 6) is -0.186. The molecule has 0 aliphatic carbocycles. The second kappa shape index (κ2) is 4.97. The number of aromatic amines is 1. The molecule has 0 unspecified atom stereocenters. The standard InChI is InChI=1S/C12H12N2O2S/c1-14(7-9-5-6-17-8-9)12(16)10-3-2-4-11(15)13-10/h2-6,8H,7H2,1H3,(H,13,15). The molecule has 5 heteroatoms. The van der Waals surface area contributed by atoms with Crippen molar-refractivity contribution in [3.05, 3.63) is 56.6 Å². The van der Waals surface area contributed by atoms with Crippen LogP contribution >= 0.6 is 11.3 Å². The van der Waals surface area contributed by atoms with Crippen molar-refractivity contribution in [2.75, 3.05) is 7.05 Å². The van der Waals surface area contributed by atoms with Crippen LogP contribution in [0.5, 0.6) is 0 Å². The summed E-state index contributed by atoms with van der Waals surface area (Å²) in [6, 6.07) is 6.54. The van der Waals surface area contributed by atoms with Gasteiger partial charge in [-0.3, -0.25) is 9.59 Å². The van der Waals surface area contributed by atoms with Gasteiger partial charge in [0, 0.05) is 19.7 Å². The molecule has 17 heavy (non-hydrogen) atoms. The Bertz CT molecular complexity index is 560. The van der Waals surface area contributed by atoms with Crippen LogP contribution in [-0.4, -0.2) is 22.8 Å². The summed E-state index contributed by atoms with van der Waals surface area (Å²) in [6.45, 7) is 0.541. The Balaban J connectivity index is 2.12. The predicted octanol–water partition coefficient (Wildman–Crippen LogP) is 1.71. The fraction of sp³-hybridized carbons (Fsp3) is 0.167. The summed E-state index contributed by atoms with van der Waals surface area (Å²) >= 11 is 1.60. The minimum atomic E-state index is -0.264. The maximum Gasteiger partial charge on any atom is 0.270 e. The van der Waals surface area contributed by atoms with Crippen LogP contribution in [0.3, 0.4) is 0 Å². The molecule has 2 heterocycles. The molecule has 0 aromatic carbocycles. The number of carbonyl (C=O) groups excluding carboxylic acids is 1. The molecule has 1 amide bonds. The van der Waals surface area contributed by atoms with Crippen LogP contribution in [0.2, 0.25) is 0 Å². The molecule has 2 aromatic rings. The highest BCUT2D eigenvalue weighted by Crippen LogP contribution is 2.09. The van der Waals surface area contributed by atoms with Crippen LogP contribution in [0.4, 0.5) is 0 Å². The highest BCUT2D eigenvalue weighted by Gasteiger charge is 2.12. The molecule has 0 atom stereocenters. The summed E-state index contributed by atoms with van der Waals surface area (Å²) in [4.78, 5) is 27.2. The highest BCUT2D eigenvalue weighted by atomic mass is 32.1. The topological polar surface area (TPSA) is 53.2 Å². The van der Waals surface area contributed by atoms with E-state index in [0.717, 1.165) is 5.56 Å². The number of carbonyl (C=O) groups is 1. The molecule has 0 saturated heterocycles. The van der Waals surface area contributed by atoms with E-state index in [0.29, 0.717) is 12.2 Å². The largest absolute Gasteiger partial charge is 0.336 e. The lowest BCUT2D eigenvalue weighted by Crippen LogP contribution is -2.28. The summed E-state index contributed by atoms with van der Waals surface area (Å²) in [5.41, 5.74) is 1.14. The second-order valence-electron chi connectivity index (χ2n) is 3.72. The molecule has 0 fully saturated rings. The van der Waals surface area contributed by atoms with Crippen molar-refractivity contribution in [1.82, 2.24) is 9.88 Å². The second-order valence-corrected chi connectivity index (χ2v) is 4.50.